The van der Waals surface area contributed by atoms with Gasteiger partial charge in [-0.25, -0.2) is 4.98 Å². The molecule has 150 valence electrons. The molecular formula is C21H26Cl2N4O. The van der Waals surface area contributed by atoms with Gasteiger partial charge in [0.25, 0.3) is 0 Å². The van der Waals surface area contributed by atoms with E-state index in [2.05, 4.69) is 17.4 Å². The molecule has 28 heavy (non-hydrogen) atoms. The number of aromatic nitrogens is 1. The van der Waals surface area contributed by atoms with E-state index in [4.69, 9.17) is 28.2 Å². The molecule has 3 rings (SSSR count). The quantitative estimate of drug-likeness (QED) is 0.737. The molecule has 1 aromatic heterocycles. The Bertz CT molecular complexity index is 843. The molecule has 2 heterocycles. The molecular weight excluding hydrogens is 395 g/mol. The number of rotatable bonds is 7. The van der Waals surface area contributed by atoms with Crippen molar-refractivity contribution in [3.05, 3.63) is 57.2 Å². The molecule has 2 aromatic rings. The highest BCUT2D eigenvalue weighted by molar-refractivity contribution is 6.42. The number of carbonyl (C=O) groups excluding carboxylic acids is 1. The number of carbonyl (C=O) groups is 1. The normalized spacial score (nSPS) is 13.2. The van der Waals surface area contributed by atoms with Crippen molar-refractivity contribution in [1.82, 2.24) is 14.8 Å². The summed E-state index contributed by atoms with van der Waals surface area (Å²) in [6, 6.07) is 9.76. The van der Waals surface area contributed by atoms with Crippen LogP contribution in [0.25, 0.3) is 0 Å². The Morgan fingerprint density at radius 3 is 2.79 bits per heavy atom. The van der Waals surface area contributed by atoms with E-state index in [1.807, 2.05) is 31.1 Å². The fraction of sp³-hybridized carbons (Fsp3) is 0.429. The Morgan fingerprint density at radius 1 is 1.18 bits per heavy atom. The van der Waals surface area contributed by atoms with Gasteiger partial charge in [0.1, 0.15) is 5.82 Å². The lowest BCUT2D eigenvalue weighted by atomic mass is 10.1. The Labute approximate surface area is 176 Å². The van der Waals surface area contributed by atoms with E-state index in [1.54, 1.807) is 11.0 Å². The van der Waals surface area contributed by atoms with Gasteiger partial charge < -0.3 is 10.2 Å². The van der Waals surface area contributed by atoms with Crippen LogP contribution in [0.2, 0.25) is 10.0 Å². The average Bonchev–Trinajstić information content (AvgIpc) is 2.68. The smallest absolute Gasteiger partial charge is 0.236 e. The minimum atomic E-state index is 0.0821. The number of anilines is 1. The molecule has 0 unspecified atom stereocenters. The van der Waals surface area contributed by atoms with Crippen molar-refractivity contribution >= 4 is 34.9 Å². The highest BCUT2D eigenvalue weighted by atomic mass is 35.5. The number of nitrogens with one attached hydrogen (secondary N) is 1. The molecule has 0 radical (unpaired) electrons. The zero-order chi connectivity index (χ0) is 20.1. The maximum Gasteiger partial charge on any atom is 0.236 e. The Balaban J connectivity index is 1.48. The molecule has 1 amide bonds. The van der Waals surface area contributed by atoms with Crippen LogP contribution in [0.1, 0.15) is 23.2 Å². The maximum absolute atomic E-state index is 12.5. The monoisotopic (exact) mass is 420 g/mol. The maximum atomic E-state index is 12.5. The van der Waals surface area contributed by atoms with Crippen molar-refractivity contribution in [3.8, 4) is 0 Å². The zero-order valence-corrected chi connectivity index (χ0v) is 17.9. The van der Waals surface area contributed by atoms with Crippen LogP contribution in [-0.2, 0) is 24.2 Å². The van der Waals surface area contributed by atoms with Crippen LogP contribution in [0.4, 0.5) is 5.82 Å². The van der Waals surface area contributed by atoms with E-state index in [9.17, 15) is 4.79 Å². The Kier molecular flexibility index (Phi) is 7.16. The fourth-order valence-corrected chi connectivity index (χ4v) is 3.59. The van der Waals surface area contributed by atoms with Gasteiger partial charge in [-0.05, 0) is 49.2 Å². The number of amides is 1. The number of hydrogen-bond donors (Lipinski definition) is 1. The van der Waals surface area contributed by atoms with E-state index >= 15 is 0 Å². The highest BCUT2D eigenvalue weighted by Crippen LogP contribution is 2.23. The lowest BCUT2D eigenvalue weighted by Gasteiger charge is -2.22. The lowest BCUT2D eigenvalue weighted by Crippen LogP contribution is -2.37. The lowest BCUT2D eigenvalue weighted by molar-refractivity contribution is -0.130. The van der Waals surface area contributed by atoms with Gasteiger partial charge in [-0.15, -0.1) is 0 Å². The van der Waals surface area contributed by atoms with E-state index in [1.165, 1.54) is 5.56 Å². The van der Waals surface area contributed by atoms with Gasteiger partial charge in [-0.2, -0.15) is 0 Å². The van der Waals surface area contributed by atoms with Gasteiger partial charge in [0, 0.05) is 38.8 Å². The predicted octanol–water partition coefficient (Wildman–Crippen LogP) is 3.88. The van der Waals surface area contributed by atoms with Gasteiger partial charge >= 0.3 is 0 Å². The van der Waals surface area contributed by atoms with Crippen molar-refractivity contribution in [2.24, 2.45) is 0 Å². The summed E-state index contributed by atoms with van der Waals surface area (Å²) in [6.45, 7) is 2.60. The van der Waals surface area contributed by atoms with Crippen molar-refractivity contribution in [1.29, 1.82) is 0 Å². The molecule has 5 nitrogen and oxygen atoms in total. The summed E-state index contributed by atoms with van der Waals surface area (Å²) < 4.78 is 0. The molecule has 0 atom stereocenters. The summed E-state index contributed by atoms with van der Waals surface area (Å²) >= 11 is 12.0. The van der Waals surface area contributed by atoms with Crippen molar-refractivity contribution in [2.45, 2.75) is 25.8 Å². The van der Waals surface area contributed by atoms with Crippen LogP contribution in [0.15, 0.2) is 30.3 Å². The molecule has 0 fully saturated rings. The first-order chi connectivity index (χ1) is 13.4. The first-order valence-corrected chi connectivity index (χ1v) is 10.3. The summed E-state index contributed by atoms with van der Waals surface area (Å²) in [4.78, 5) is 21.0. The van der Waals surface area contributed by atoms with Gasteiger partial charge in [-0.1, -0.05) is 35.3 Å². The number of aryl methyl sites for hydroxylation is 1. The van der Waals surface area contributed by atoms with Crippen molar-refractivity contribution in [3.63, 3.8) is 0 Å². The molecule has 0 saturated heterocycles. The van der Waals surface area contributed by atoms with Gasteiger partial charge in [0.05, 0.1) is 16.6 Å². The summed E-state index contributed by atoms with van der Waals surface area (Å²) in [6.07, 6.45) is 2.98. The molecule has 0 bridgehead atoms. The number of halogens is 2. The van der Waals surface area contributed by atoms with Crippen molar-refractivity contribution in [2.75, 3.05) is 39.0 Å². The van der Waals surface area contributed by atoms with E-state index in [0.29, 0.717) is 29.7 Å². The molecule has 1 aliphatic rings. The standard InChI is InChI=1S/C21H26Cl2N4O/c1-26(13-15-5-8-18(22)19(23)12-15)14-20(28)27(2)11-9-17-7-6-16-4-3-10-24-21(16)25-17/h5-8,12H,3-4,9-11,13-14H2,1-2H3,(H,24,25). The number of hydrogen-bond acceptors (Lipinski definition) is 4. The predicted molar refractivity (Wildman–Crippen MR) is 115 cm³/mol. The number of benzene rings is 1. The summed E-state index contributed by atoms with van der Waals surface area (Å²) in [5, 5.41) is 4.42. The average molecular weight is 421 g/mol. The van der Waals surface area contributed by atoms with Gasteiger partial charge in [-0.3, -0.25) is 9.69 Å². The number of likely N-dealkylation sites (N-methyl/N-ethyl adjacent to an activating group) is 2. The third kappa shape index (κ3) is 5.60. The number of pyridine rings is 1. The Hall–Kier alpha value is -1.82. The number of fused-ring (bicyclic) bond motifs is 1. The molecule has 1 aromatic carbocycles. The van der Waals surface area contributed by atoms with E-state index in [-0.39, 0.29) is 5.91 Å². The minimum Gasteiger partial charge on any atom is -0.370 e. The second-order valence-electron chi connectivity index (χ2n) is 7.33. The van der Waals surface area contributed by atoms with Gasteiger partial charge in [0.2, 0.25) is 5.91 Å². The third-order valence-electron chi connectivity index (χ3n) is 4.92. The SMILES string of the molecule is CN(CC(=O)N(C)CCc1ccc2c(n1)NCCC2)Cc1ccc(Cl)c(Cl)c1. The second-order valence-corrected chi connectivity index (χ2v) is 8.14. The molecule has 0 saturated carbocycles. The summed E-state index contributed by atoms with van der Waals surface area (Å²) in [7, 11) is 3.76. The second kappa shape index (κ2) is 9.59. The molecule has 0 aliphatic carbocycles. The molecule has 1 aliphatic heterocycles. The fourth-order valence-electron chi connectivity index (χ4n) is 3.27. The number of nitrogens with zero attached hydrogens (tertiary/aromatic N) is 3. The topological polar surface area (TPSA) is 48.5 Å². The van der Waals surface area contributed by atoms with Crippen LogP contribution >= 0.6 is 23.2 Å². The highest BCUT2D eigenvalue weighted by Gasteiger charge is 2.14. The first-order valence-electron chi connectivity index (χ1n) is 9.51. The van der Waals surface area contributed by atoms with Crippen LogP contribution in [-0.4, -0.2) is 54.4 Å². The molecule has 1 N–H and O–H groups in total. The first kappa shape index (κ1) is 20.9. The summed E-state index contributed by atoms with van der Waals surface area (Å²) in [5.41, 5.74) is 3.32. The zero-order valence-electron chi connectivity index (χ0n) is 16.3. The van der Waals surface area contributed by atoms with E-state index in [0.717, 1.165) is 42.9 Å². The van der Waals surface area contributed by atoms with Crippen LogP contribution < -0.4 is 5.32 Å². The molecule has 0 spiro atoms. The van der Waals surface area contributed by atoms with Crippen molar-refractivity contribution < 1.29 is 4.79 Å². The van der Waals surface area contributed by atoms with E-state index < -0.39 is 0 Å². The third-order valence-corrected chi connectivity index (χ3v) is 5.66. The Morgan fingerprint density at radius 2 is 2.00 bits per heavy atom. The van der Waals surface area contributed by atoms with Crippen LogP contribution in [0.3, 0.4) is 0 Å². The minimum absolute atomic E-state index is 0.0821. The van der Waals surface area contributed by atoms with Crippen LogP contribution in [0, 0.1) is 0 Å². The molecule has 7 heteroatoms. The largest absolute Gasteiger partial charge is 0.370 e. The van der Waals surface area contributed by atoms with Crippen LogP contribution in [0.5, 0.6) is 0 Å². The van der Waals surface area contributed by atoms with Gasteiger partial charge in [0.15, 0.2) is 0 Å². The summed E-state index contributed by atoms with van der Waals surface area (Å²) in [5.74, 6) is 1.08.